The highest BCUT2D eigenvalue weighted by atomic mass is 35.5. The molecule has 0 heterocycles. The van der Waals surface area contributed by atoms with Gasteiger partial charge in [-0.05, 0) is 42.5 Å². The van der Waals surface area contributed by atoms with E-state index in [2.05, 4.69) is 19.9 Å². The van der Waals surface area contributed by atoms with E-state index in [0.29, 0.717) is 16.5 Å². The van der Waals surface area contributed by atoms with Crippen molar-refractivity contribution in [1.29, 1.82) is 0 Å². The van der Waals surface area contributed by atoms with Gasteiger partial charge in [-0.15, -0.1) is 0 Å². The molecule has 0 spiro atoms. The Balaban J connectivity index is 2.30. The summed E-state index contributed by atoms with van der Waals surface area (Å²) in [4.78, 5) is 12.5. The second-order valence-electron chi connectivity index (χ2n) is 5.59. The van der Waals surface area contributed by atoms with Crippen LogP contribution in [0.2, 0.25) is 5.02 Å². The zero-order valence-electron chi connectivity index (χ0n) is 12.1. The summed E-state index contributed by atoms with van der Waals surface area (Å²) < 4.78 is 0. The van der Waals surface area contributed by atoms with Crippen molar-refractivity contribution >= 4 is 17.4 Å². The maximum atomic E-state index is 12.5. The lowest BCUT2D eigenvalue weighted by Crippen LogP contribution is -2.03. The van der Waals surface area contributed by atoms with E-state index in [9.17, 15) is 4.79 Å². The van der Waals surface area contributed by atoms with Gasteiger partial charge in [0, 0.05) is 16.1 Å². The Morgan fingerprint density at radius 3 is 2.45 bits per heavy atom. The smallest absolute Gasteiger partial charge is 0.193 e. The minimum absolute atomic E-state index is 0.0255. The van der Waals surface area contributed by atoms with Crippen molar-refractivity contribution in [2.45, 2.75) is 27.2 Å². The molecule has 2 aromatic carbocycles. The van der Waals surface area contributed by atoms with Gasteiger partial charge >= 0.3 is 0 Å². The van der Waals surface area contributed by atoms with Crippen LogP contribution < -0.4 is 0 Å². The summed E-state index contributed by atoms with van der Waals surface area (Å²) in [6, 6.07) is 13.3. The molecule has 0 aliphatic carbocycles. The number of carbonyl (C=O) groups is 1. The van der Waals surface area contributed by atoms with Crippen LogP contribution in [0.3, 0.4) is 0 Å². The molecule has 2 rings (SSSR count). The van der Waals surface area contributed by atoms with Crippen molar-refractivity contribution in [2.75, 3.05) is 0 Å². The molecule has 0 saturated heterocycles. The molecule has 0 N–H and O–H groups in total. The van der Waals surface area contributed by atoms with Gasteiger partial charge in [0.1, 0.15) is 0 Å². The van der Waals surface area contributed by atoms with Gasteiger partial charge in [-0.3, -0.25) is 4.79 Å². The Hall–Kier alpha value is -1.60. The van der Waals surface area contributed by atoms with E-state index < -0.39 is 0 Å². The van der Waals surface area contributed by atoms with Gasteiger partial charge in [0.25, 0.3) is 0 Å². The Bertz CT molecular complexity index is 629. The van der Waals surface area contributed by atoms with Gasteiger partial charge in [0.15, 0.2) is 5.78 Å². The summed E-state index contributed by atoms with van der Waals surface area (Å²) in [5.74, 6) is 0.603. The molecule has 0 radical (unpaired) electrons. The summed E-state index contributed by atoms with van der Waals surface area (Å²) in [6.45, 7) is 6.28. The third-order valence-electron chi connectivity index (χ3n) is 3.27. The average molecular weight is 287 g/mol. The molecule has 0 atom stereocenters. The topological polar surface area (TPSA) is 17.1 Å². The first kappa shape index (κ1) is 14.8. The van der Waals surface area contributed by atoms with Gasteiger partial charge in [-0.2, -0.15) is 0 Å². The molecule has 2 heteroatoms. The van der Waals surface area contributed by atoms with E-state index in [-0.39, 0.29) is 5.78 Å². The minimum atomic E-state index is 0.0255. The zero-order valence-corrected chi connectivity index (χ0v) is 12.9. The Labute approximate surface area is 125 Å². The van der Waals surface area contributed by atoms with Crippen molar-refractivity contribution in [3.05, 3.63) is 69.7 Å². The highest BCUT2D eigenvalue weighted by molar-refractivity contribution is 6.31. The first-order chi connectivity index (χ1) is 9.47. The Morgan fingerprint density at radius 2 is 1.80 bits per heavy atom. The molecule has 20 heavy (non-hydrogen) atoms. The van der Waals surface area contributed by atoms with Crippen LogP contribution in [0, 0.1) is 12.8 Å². The summed E-state index contributed by atoms with van der Waals surface area (Å²) in [5, 5.41) is 0.634. The first-order valence-electron chi connectivity index (χ1n) is 6.87. The average Bonchev–Trinajstić information content (AvgIpc) is 2.40. The third-order valence-corrected chi connectivity index (χ3v) is 3.67. The molecule has 0 aliphatic rings. The lowest BCUT2D eigenvalue weighted by molar-refractivity contribution is 0.103. The molecule has 0 bridgehead atoms. The lowest BCUT2D eigenvalue weighted by Gasteiger charge is -2.08. The molecule has 0 aromatic heterocycles. The van der Waals surface area contributed by atoms with Gasteiger partial charge in [-0.1, -0.05) is 55.8 Å². The molecule has 104 valence electrons. The first-order valence-corrected chi connectivity index (χ1v) is 7.25. The van der Waals surface area contributed by atoms with E-state index in [1.54, 1.807) is 6.07 Å². The third kappa shape index (κ3) is 3.49. The maximum Gasteiger partial charge on any atom is 0.193 e. The zero-order chi connectivity index (χ0) is 14.7. The van der Waals surface area contributed by atoms with Crippen LogP contribution in [0.25, 0.3) is 0 Å². The van der Waals surface area contributed by atoms with Crippen LogP contribution in [0.4, 0.5) is 0 Å². The number of halogens is 1. The van der Waals surface area contributed by atoms with E-state index in [1.807, 2.05) is 37.3 Å². The summed E-state index contributed by atoms with van der Waals surface area (Å²) in [6.07, 6.45) is 0.982. The number of hydrogen-bond donors (Lipinski definition) is 0. The van der Waals surface area contributed by atoms with Crippen LogP contribution in [0.15, 0.2) is 42.5 Å². The van der Waals surface area contributed by atoms with Crippen LogP contribution in [0.5, 0.6) is 0 Å². The van der Waals surface area contributed by atoms with Gasteiger partial charge < -0.3 is 0 Å². The van der Waals surface area contributed by atoms with E-state index in [1.165, 1.54) is 5.56 Å². The summed E-state index contributed by atoms with van der Waals surface area (Å²) >= 11 is 6.09. The molecule has 2 aromatic rings. The summed E-state index contributed by atoms with van der Waals surface area (Å²) in [5.41, 5.74) is 3.55. The van der Waals surface area contributed by atoms with Gasteiger partial charge in [0.05, 0.1) is 0 Å². The number of rotatable bonds is 4. The second-order valence-corrected chi connectivity index (χ2v) is 6.00. The number of ketones is 1. The van der Waals surface area contributed by atoms with Crippen molar-refractivity contribution in [3.8, 4) is 0 Å². The largest absolute Gasteiger partial charge is 0.289 e. The minimum Gasteiger partial charge on any atom is -0.289 e. The Kier molecular flexibility index (Phi) is 4.61. The van der Waals surface area contributed by atoms with Crippen molar-refractivity contribution < 1.29 is 4.79 Å². The van der Waals surface area contributed by atoms with E-state index >= 15 is 0 Å². The van der Waals surface area contributed by atoms with E-state index in [0.717, 1.165) is 17.5 Å². The van der Waals surface area contributed by atoms with Crippen LogP contribution in [-0.2, 0) is 6.42 Å². The highest BCUT2D eigenvalue weighted by Gasteiger charge is 2.11. The van der Waals surface area contributed by atoms with Crippen LogP contribution >= 0.6 is 11.6 Å². The van der Waals surface area contributed by atoms with Crippen LogP contribution in [0.1, 0.15) is 40.9 Å². The number of aryl methyl sites for hydroxylation is 1. The molecule has 0 saturated carbocycles. The molecular formula is C18H19ClO. The molecule has 1 nitrogen and oxygen atoms in total. The van der Waals surface area contributed by atoms with Crippen molar-refractivity contribution in [3.63, 3.8) is 0 Å². The highest BCUT2D eigenvalue weighted by Crippen LogP contribution is 2.20. The normalized spacial score (nSPS) is 10.8. The fourth-order valence-electron chi connectivity index (χ4n) is 2.21. The molecule has 0 fully saturated rings. The SMILES string of the molecule is Cc1ccc(C(=O)c2cccc(CC(C)C)c2)cc1Cl. The van der Waals surface area contributed by atoms with Crippen molar-refractivity contribution in [1.82, 2.24) is 0 Å². The predicted molar refractivity (Wildman–Crippen MR) is 84.6 cm³/mol. The van der Waals surface area contributed by atoms with Crippen LogP contribution in [-0.4, -0.2) is 5.78 Å². The second kappa shape index (κ2) is 6.23. The monoisotopic (exact) mass is 286 g/mol. The quantitative estimate of drug-likeness (QED) is 0.717. The van der Waals surface area contributed by atoms with E-state index in [4.69, 9.17) is 11.6 Å². The van der Waals surface area contributed by atoms with Gasteiger partial charge in [0.2, 0.25) is 0 Å². The number of hydrogen-bond acceptors (Lipinski definition) is 1. The molecular weight excluding hydrogens is 268 g/mol. The molecule has 0 amide bonds. The number of carbonyl (C=O) groups excluding carboxylic acids is 1. The lowest BCUT2D eigenvalue weighted by atomic mass is 9.97. The fraction of sp³-hybridized carbons (Fsp3) is 0.278. The van der Waals surface area contributed by atoms with Gasteiger partial charge in [-0.25, -0.2) is 0 Å². The predicted octanol–water partition coefficient (Wildman–Crippen LogP) is 5.08. The summed E-state index contributed by atoms with van der Waals surface area (Å²) in [7, 11) is 0. The number of benzene rings is 2. The standard InChI is InChI=1S/C18H19ClO/c1-12(2)9-14-5-4-6-15(10-14)18(20)16-8-7-13(3)17(19)11-16/h4-8,10-12H,9H2,1-3H3. The molecule has 0 unspecified atom stereocenters. The van der Waals surface area contributed by atoms with Crippen molar-refractivity contribution in [2.24, 2.45) is 5.92 Å². The molecule has 0 aliphatic heterocycles. The Morgan fingerprint density at radius 1 is 1.10 bits per heavy atom. The fourth-order valence-corrected chi connectivity index (χ4v) is 2.39. The maximum absolute atomic E-state index is 12.5.